The maximum Gasteiger partial charge on any atom is 0.120 e. The van der Waals surface area contributed by atoms with Crippen molar-refractivity contribution in [1.29, 1.82) is 0 Å². The van der Waals surface area contributed by atoms with Gasteiger partial charge in [0.1, 0.15) is 5.75 Å². The highest BCUT2D eigenvalue weighted by atomic mass is 16.5. The van der Waals surface area contributed by atoms with Crippen LogP contribution in [0.5, 0.6) is 5.75 Å². The maximum atomic E-state index is 5.33. The van der Waals surface area contributed by atoms with Gasteiger partial charge in [0.25, 0.3) is 0 Å². The Labute approximate surface area is 134 Å². The average Bonchev–Trinajstić information content (AvgIpc) is 2.58. The molecule has 0 aliphatic carbocycles. The molecule has 2 heterocycles. The second kappa shape index (κ2) is 7.34. The Balaban J connectivity index is 1.47. The molecule has 2 aliphatic rings. The first-order chi connectivity index (χ1) is 10.7. The second-order valence-corrected chi connectivity index (χ2v) is 6.74. The normalized spacial score (nSPS) is 22.0. The summed E-state index contributed by atoms with van der Waals surface area (Å²) in [6.45, 7) is 8.45. The quantitative estimate of drug-likeness (QED) is 0.848. The number of methoxy groups -OCH3 is 1. The van der Waals surface area contributed by atoms with Gasteiger partial charge in [-0.25, -0.2) is 0 Å². The molecule has 22 heavy (non-hydrogen) atoms. The molecule has 2 fully saturated rings. The Morgan fingerprint density at radius 3 is 2.45 bits per heavy atom. The molecule has 0 amide bonds. The fourth-order valence-corrected chi connectivity index (χ4v) is 3.61. The van der Waals surface area contributed by atoms with Crippen molar-refractivity contribution in [2.24, 2.45) is 5.92 Å². The molecule has 4 nitrogen and oxygen atoms in total. The summed E-state index contributed by atoms with van der Waals surface area (Å²) in [5, 5.41) is 0. The van der Waals surface area contributed by atoms with E-state index in [0.29, 0.717) is 0 Å². The van der Waals surface area contributed by atoms with Gasteiger partial charge in [0, 0.05) is 44.5 Å². The number of piperidine rings is 1. The summed E-state index contributed by atoms with van der Waals surface area (Å²) in [6.07, 6.45) is 2.74. The van der Waals surface area contributed by atoms with E-state index in [4.69, 9.17) is 4.74 Å². The molecule has 0 radical (unpaired) electrons. The first kappa shape index (κ1) is 15.6. The van der Waals surface area contributed by atoms with Crippen molar-refractivity contribution >= 4 is 5.69 Å². The summed E-state index contributed by atoms with van der Waals surface area (Å²) in [5.74, 6) is 1.85. The van der Waals surface area contributed by atoms with Crippen molar-refractivity contribution in [2.45, 2.75) is 12.8 Å². The zero-order valence-electron chi connectivity index (χ0n) is 14.0. The van der Waals surface area contributed by atoms with Crippen molar-refractivity contribution in [1.82, 2.24) is 9.80 Å². The number of piperazine rings is 1. The summed E-state index contributed by atoms with van der Waals surface area (Å²) in [6, 6.07) is 8.43. The van der Waals surface area contributed by atoms with Gasteiger partial charge in [-0.1, -0.05) is 6.07 Å². The highest BCUT2D eigenvalue weighted by Gasteiger charge is 2.22. The van der Waals surface area contributed by atoms with Crippen LogP contribution in [-0.2, 0) is 0 Å². The van der Waals surface area contributed by atoms with E-state index in [1.807, 2.05) is 6.07 Å². The molecule has 0 bridgehead atoms. The summed E-state index contributed by atoms with van der Waals surface area (Å²) in [4.78, 5) is 7.59. The third-order valence-corrected chi connectivity index (χ3v) is 5.15. The van der Waals surface area contributed by atoms with Crippen molar-refractivity contribution in [3.8, 4) is 5.75 Å². The van der Waals surface area contributed by atoms with Gasteiger partial charge in [-0.3, -0.25) is 4.90 Å². The number of anilines is 1. The van der Waals surface area contributed by atoms with Gasteiger partial charge >= 0.3 is 0 Å². The number of hydrogen-bond acceptors (Lipinski definition) is 4. The molecule has 2 saturated heterocycles. The van der Waals surface area contributed by atoms with Crippen LogP contribution in [0.3, 0.4) is 0 Å². The first-order valence-electron chi connectivity index (χ1n) is 8.54. The van der Waals surface area contributed by atoms with Gasteiger partial charge < -0.3 is 14.5 Å². The average molecular weight is 303 g/mol. The molecule has 0 atom stereocenters. The van der Waals surface area contributed by atoms with Gasteiger partial charge in [0.15, 0.2) is 0 Å². The van der Waals surface area contributed by atoms with Crippen LogP contribution in [0, 0.1) is 5.92 Å². The van der Waals surface area contributed by atoms with Crippen LogP contribution in [-0.4, -0.2) is 69.8 Å². The smallest absolute Gasteiger partial charge is 0.120 e. The largest absolute Gasteiger partial charge is 0.497 e. The minimum atomic E-state index is 0.902. The molecule has 4 heteroatoms. The molecule has 0 aromatic heterocycles. The van der Waals surface area contributed by atoms with E-state index in [-0.39, 0.29) is 0 Å². The second-order valence-electron chi connectivity index (χ2n) is 6.74. The number of benzene rings is 1. The Kier molecular flexibility index (Phi) is 5.21. The Hall–Kier alpha value is -1.26. The lowest BCUT2D eigenvalue weighted by Crippen LogP contribution is -2.48. The summed E-state index contributed by atoms with van der Waals surface area (Å²) in [7, 11) is 3.97. The fraction of sp³-hybridized carbons (Fsp3) is 0.667. The number of ether oxygens (including phenoxy) is 1. The van der Waals surface area contributed by atoms with Crippen molar-refractivity contribution in [3.63, 3.8) is 0 Å². The molecule has 0 spiro atoms. The van der Waals surface area contributed by atoms with Crippen molar-refractivity contribution in [2.75, 3.05) is 64.9 Å². The zero-order valence-corrected chi connectivity index (χ0v) is 14.0. The van der Waals surface area contributed by atoms with E-state index in [1.54, 1.807) is 7.11 Å². The van der Waals surface area contributed by atoms with Gasteiger partial charge in [0.2, 0.25) is 0 Å². The van der Waals surface area contributed by atoms with E-state index in [0.717, 1.165) is 24.8 Å². The number of likely N-dealkylation sites (tertiary alicyclic amines) is 1. The van der Waals surface area contributed by atoms with Crippen LogP contribution in [0.1, 0.15) is 12.8 Å². The lowest BCUT2D eigenvalue weighted by molar-refractivity contribution is 0.155. The van der Waals surface area contributed by atoms with Crippen LogP contribution in [0.4, 0.5) is 5.69 Å². The predicted octanol–water partition coefficient (Wildman–Crippen LogP) is 2.16. The molecule has 1 aromatic carbocycles. The van der Waals surface area contributed by atoms with Crippen LogP contribution < -0.4 is 9.64 Å². The maximum absolute atomic E-state index is 5.33. The van der Waals surface area contributed by atoms with E-state index >= 15 is 0 Å². The summed E-state index contributed by atoms with van der Waals surface area (Å²) in [5.41, 5.74) is 1.29. The third-order valence-electron chi connectivity index (χ3n) is 5.15. The monoisotopic (exact) mass is 303 g/mol. The van der Waals surface area contributed by atoms with Crippen LogP contribution >= 0.6 is 0 Å². The van der Waals surface area contributed by atoms with Crippen molar-refractivity contribution in [3.05, 3.63) is 24.3 Å². The first-order valence-corrected chi connectivity index (χ1v) is 8.54. The van der Waals surface area contributed by atoms with E-state index in [9.17, 15) is 0 Å². The molecule has 0 N–H and O–H groups in total. The molecular weight excluding hydrogens is 274 g/mol. The SMILES string of the molecule is COc1cccc(N2CCN(CC3CCN(C)CC3)CC2)c1. The standard InChI is InChI=1S/C18H29N3O/c1-19-8-6-16(7-9-19)15-20-10-12-21(13-11-20)17-4-3-5-18(14-17)22-2/h3-5,14,16H,6-13,15H2,1-2H3. The van der Waals surface area contributed by atoms with Gasteiger partial charge in [0.05, 0.1) is 7.11 Å². The third kappa shape index (κ3) is 3.93. The van der Waals surface area contributed by atoms with Gasteiger partial charge in [-0.15, -0.1) is 0 Å². The molecule has 1 aromatic rings. The highest BCUT2D eigenvalue weighted by Crippen LogP contribution is 2.23. The molecule has 122 valence electrons. The Morgan fingerprint density at radius 2 is 1.77 bits per heavy atom. The van der Waals surface area contributed by atoms with Crippen molar-refractivity contribution < 1.29 is 4.74 Å². The minimum absolute atomic E-state index is 0.902. The van der Waals surface area contributed by atoms with Gasteiger partial charge in [-0.05, 0) is 51.0 Å². The summed E-state index contributed by atoms with van der Waals surface area (Å²) < 4.78 is 5.33. The molecule has 0 saturated carbocycles. The predicted molar refractivity (Wildman–Crippen MR) is 91.9 cm³/mol. The minimum Gasteiger partial charge on any atom is -0.497 e. The van der Waals surface area contributed by atoms with E-state index in [2.05, 4.69) is 39.9 Å². The van der Waals surface area contributed by atoms with Crippen LogP contribution in [0.2, 0.25) is 0 Å². The van der Waals surface area contributed by atoms with Crippen LogP contribution in [0.15, 0.2) is 24.3 Å². The molecular formula is C18H29N3O. The Bertz CT molecular complexity index is 463. The van der Waals surface area contributed by atoms with E-state index < -0.39 is 0 Å². The zero-order chi connectivity index (χ0) is 15.4. The molecule has 3 rings (SSSR count). The number of rotatable bonds is 4. The molecule has 2 aliphatic heterocycles. The number of nitrogens with zero attached hydrogens (tertiary/aromatic N) is 3. The lowest BCUT2D eigenvalue weighted by Gasteiger charge is -2.39. The molecule has 0 unspecified atom stereocenters. The Morgan fingerprint density at radius 1 is 1.05 bits per heavy atom. The highest BCUT2D eigenvalue weighted by molar-refractivity contribution is 5.51. The number of hydrogen-bond donors (Lipinski definition) is 0. The topological polar surface area (TPSA) is 19.0 Å². The fourth-order valence-electron chi connectivity index (χ4n) is 3.61. The van der Waals surface area contributed by atoms with E-state index in [1.165, 1.54) is 51.3 Å². The van der Waals surface area contributed by atoms with Gasteiger partial charge in [-0.2, -0.15) is 0 Å². The lowest BCUT2D eigenvalue weighted by atomic mass is 9.96. The van der Waals surface area contributed by atoms with Crippen LogP contribution in [0.25, 0.3) is 0 Å². The summed E-state index contributed by atoms with van der Waals surface area (Å²) >= 11 is 0.